The van der Waals surface area contributed by atoms with Crippen LogP contribution < -0.4 is 10.6 Å². The third-order valence-corrected chi connectivity index (χ3v) is 3.64. The van der Waals surface area contributed by atoms with Gasteiger partial charge in [-0.25, -0.2) is 0 Å². The van der Waals surface area contributed by atoms with Crippen molar-refractivity contribution in [3.63, 3.8) is 0 Å². The van der Waals surface area contributed by atoms with Gasteiger partial charge in [-0.3, -0.25) is 4.79 Å². The maximum absolute atomic E-state index is 11.7. The van der Waals surface area contributed by atoms with Crippen LogP contribution in [-0.4, -0.2) is 17.4 Å². The first-order valence-corrected chi connectivity index (χ1v) is 7.84. The van der Waals surface area contributed by atoms with E-state index in [1.807, 2.05) is 54.6 Å². The van der Waals surface area contributed by atoms with Gasteiger partial charge in [0.05, 0.1) is 5.75 Å². The maximum Gasteiger partial charge on any atom is 0.234 e. The van der Waals surface area contributed by atoms with E-state index in [4.69, 9.17) is 0 Å². The van der Waals surface area contributed by atoms with Crippen molar-refractivity contribution in [3.8, 4) is 0 Å². The first-order chi connectivity index (χ1) is 10.3. The second-order valence-electron chi connectivity index (χ2n) is 4.42. The molecule has 0 spiro atoms. The molecule has 0 heterocycles. The molecule has 1 amide bonds. The van der Waals surface area contributed by atoms with Gasteiger partial charge in [-0.15, -0.1) is 18.3 Å². The Balaban J connectivity index is 1.87. The maximum atomic E-state index is 11.7. The highest BCUT2D eigenvalue weighted by Crippen LogP contribution is 2.18. The molecule has 0 fully saturated rings. The van der Waals surface area contributed by atoms with Gasteiger partial charge in [0, 0.05) is 22.8 Å². The monoisotopic (exact) mass is 298 g/mol. The molecule has 0 saturated carbocycles. The molecule has 4 heteroatoms. The van der Waals surface area contributed by atoms with Crippen molar-refractivity contribution in [1.29, 1.82) is 0 Å². The molecule has 21 heavy (non-hydrogen) atoms. The number of carbonyl (C=O) groups excluding carboxylic acids is 1. The number of benzene rings is 2. The largest absolute Gasteiger partial charge is 0.356 e. The van der Waals surface area contributed by atoms with Crippen molar-refractivity contribution in [2.24, 2.45) is 0 Å². The smallest absolute Gasteiger partial charge is 0.234 e. The lowest BCUT2D eigenvalue weighted by atomic mass is 10.2. The summed E-state index contributed by atoms with van der Waals surface area (Å²) in [6.45, 7) is 3.63. The van der Waals surface area contributed by atoms with Crippen LogP contribution in [0, 0.1) is 0 Å². The average molecular weight is 298 g/mol. The van der Waals surface area contributed by atoms with E-state index >= 15 is 0 Å². The number of amides is 1. The summed E-state index contributed by atoms with van der Waals surface area (Å²) in [4.78, 5) is 11.7. The number of anilines is 3. The minimum atomic E-state index is 0.00520. The fourth-order valence-electron chi connectivity index (χ4n) is 1.76. The van der Waals surface area contributed by atoms with E-state index < -0.39 is 0 Å². The normalized spacial score (nSPS) is 9.90. The molecule has 0 aliphatic heterocycles. The van der Waals surface area contributed by atoms with Gasteiger partial charge < -0.3 is 10.6 Å². The van der Waals surface area contributed by atoms with Crippen LogP contribution in [0.1, 0.15) is 0 Å². The molecule has 0 aliphatic carbocycles. The Morgan fingerprint density at radius 3 is 2.29 bits per heavy atom. The molecule has 2 aromatic carbocycles. The summed E-state index contributed by atoms with van der Waals surface area (Å²) in [5.74, 6) is 1.23. The summed E-state index contributed by atoms with van der Waals surface area (Å²) in [7, 11) is 0. The Morgan fingerprint density at radius 1 is 1.00 bits per heavy atom. The van der Waals surface area contributed by atoms with Gasteiger partial charge in [0.25, 0.3) is 0 Å². The van der Waals surface area contributed by atoms with E-state index in [-0.39, 0.29) is 5.91 Å². The Hall–Kier alpha value is -2.20. The van der Waals surface area contributed by atoms with Crippen molar-refractivity contribution in [3.05, 3.63) is 67.3 Å². The summed E-state index contributed by atoms with van der Waals surface area (Å²) >= 11 is 1.54. The summed E-state index contributed by atoms with van der Waals surface area (Å²) < 4.78 is 0. The molecule has 2 rings (SSSR count). The highest BCUT2D eigenvalue weighted by atomic mass is 32.2. The van der Waals surface area contributed by atoms with Gasteiger partial charge in [-0.2, -0.15) is 0 Å². The van der Waals surface area contributed by atoms with Gasteiger partial charge >= 0.3 is 0 Å². The van der Waals surface area contributed by atoms with Crippen LogP contribution in [0.4, 0.5) is 17.1 Å². The number of para-hydroxylation sites is 1. The number of rotatable bonds is 7. The highest BCUT2D eigenvalue weighted by Gasteiger charge is 2.02. The van der Waals surface area contributed by atoms with E-state index in [2.05, 4.69) is 17.2 Å². The molecule has 0 unspecified atom stereocenters. The molecule has 3 nitrogen and oxygen atoms in total. The molecule has 108 valence electrons. The van der Waals surface area contributed by atoms with Gasteiger partial charge in [0.15, 0.2) is 0 Å². The van der Waals surface area contributed by atoms with E-state index in [9.17, 15) is 4.79 Å². The number of hydrogen-bond donors (Lipinski definition) is 2. The van der Waals surface area contributed by atoms with Gasteiger partial charge in [0.1, 0.15) is 0 Å². The van der Waals surface area contributed by atoms with Crippen LogP contribution in [0.25, 0.3) is 0 Å². The van der Waals surface area contributed by atoms with Crippen LogP contribution in [0.2, 0.25) is 0 Å². The third-order valence-electron chi connectivity index (χ3n) is 2.70. The highest BCUT2D eigenvalue weighted by molar-refractivity contribution is 8.00. The van der Waals surface area contributed by atoms with E-state index in [0.29, 0.717) is 5.75 Å². The van der Waals surface area contributed by atoms with Crippen LogP contribution >= 0.6 is 11.8 Å². The minimum absolute atomic E-state index is 0.00520. The Labute approximate surface area is 129 Å². The van der Waals surface area contributed by atoms with E-state index in [0.717, 1.165) is 22.8 Å². The average Bonchev–Trinajstić information content (AvgIpc) is 2.51. The Kier molecular flexibility index (Phi) is 5.91. The summed E-state index contributed by atoms with van der Waals surface area (Å²) in [6, 6.07) is 17.6. The fourth-order valence-corrected chi connectivity index (χ4v) is 2.30. The lowest BCUT2D eigenvalue weighted by molar-refractivity contribution is -0.113. The summed E-state index contributed by atoms with van der Waals surface area (Å²) in [5, 5.41) is 6.17. The van der Waals surface area contributed by atoms with Crippen LogP contribution in [0.5, 0.6) is 0 Å². The number of hydrogen-bond acceptors (Lipinski definition) is 3. The van der Waals surface area contributed by atoms with Crippen molar-refractivity contribution < 1.29 is 4.79 Å². The predicted octanol–water partition coefficient (Wildman–Crippen LogP) is 4.29. The number of carbonyl (C=O) groups is 1. The zero-order valence-electron chi connectivity index (χ0n) is 11.7. The van der Waals surface area contributed by atoms with Gasteiger partial charge in [0.2, 0.25) is 5.91 Å². The fraction of sp³-hybridized carbons (Fsp3) is 0.118. The molecular weight excluding hydrogens is 280 g/mol. The molecule has 0 radical (unpaired) electrons. The van der Waals surface area contributed by atoms with Crippen LogP contribution in [-0.2, 0) is 4.79 Å². The minimum Gasteiger partial charge on any atom is -0.356 e. The first kappa shape index (κ1) is 15.2. The van der Waals surface area contributed by atoms with E-state index in [1.165, 1.54) is 0 Å². The zero-order chi connectivity index (χ0) is 14.9. The lowest BCUT2D eigenvalue weighted by Gasteiger charge is -2.08. The molecule has 2 aromatic rings. The molecule has 0 bridgehead atoms. The molecule has 0 saturated heterocycles. The SMILES string of the molecule is C=CCSCC(=O)Nc1ccc(Nc2ccccc2)cc1. The molecule has 0 atom stereocenters. The predicted molar refractivity (Wildman–Crippen MR) is 92.3 cm³/mol. The van der Waals surface area contributed by atoms with Crippen molar-refractivity contribution >= 4 is 34.7 Å². The third kappa shape index (κ3) is 5.36. The number of nitrogens with one attached hydrogen (secondary N) is 2. The number of thioether (sulfide) groups is 1. The second kappa shape index (κ2) is 8.17. The molecule has 2 N–H and O–H groups in total. The topological polar surface area (TPSA) is 41.1 Å². The second-order valence-corrected chi connectivity index (χ2v) is 5.45. The first-order valence-electron chi connectivity index (χ1n) is 6.68. The quantitative estimate of drug-likeness (QED) is 0.592. The van der Waals surface area contributed by atoms with Crippen LogP contribution in [0.3, 0.4) is 0 Å². The molecule has 0 aliphatic rings. The summed E-state index contributed by atoms with van der Waals surface area (Å²) in [6.07, 6.45) is 1.79. The van der Waals surface area contributed by atoms with E-state index in [1.54, 1.807) is 17.8 Å². The zero-order valence-corrected chi connectivity index (χ0v) is 12.5. The van der Waals surface area contributed by atoms with Crippen molar-refractivity contribution in [2.45, 2.75) is 0 Å². The lowest BCUT2D eigenvalue weighted by Crippen LogP contribution is -2.14. The Morgan fingerprint density at radius 2 is 1.62 bits per heavy atom. The molecular formula is C17H18N2OS. The summed E-state index contributed by atoms with van der Waals surface area (Å²) in [5.41, 5.74) is 2.83. The van der Waals surface area contributed by atoms with Gasteiger partial charge in [-0.1, -0.05) is 24.3 Å². The molecule has 0 aromatic heterocycles. The van der Waals surface area contributed by atoms with Crippen molar-refractivity contribution in [1.82, 2.24) is 0 Å². The standard InChI is InChI=1S/C17H18N2OS/c1-2-12-21-13-17(20)19-16-10-8-15(9-11-16)18-14-6-4-3-5-7-14/h2-11,18H,1,12-13H2,(H,19,20). The van der Waals surface area contributed by atoms with Crippen molar-refractivity contribution in [2.75, 3.05) is 22.1 Å². The Bertz CT molecular complexity index is 581. The van der Waals surface area contributed by atoms with Gasteiger partial charge in [-0.05, 0) is 36.4 Å². The van der Waals surface area contributed by atoms with Crippen LogP contribution in [0.15, 0.2) is 67.3 Å².